The third kappa shape index (κ3) is 7.89. The van der Waals surface area contributed by atoms with Crippen LogP contribution in [-0.4, -0.2) is 5.97 Å². The predicted octanol–water partition coefficient (Wildman–Crippen LogP) is 7.34. The lowest BCUT2D eigenvalue weighted by atomic mass is 9.69. The zero-order valence-corrected chi connectivity index (χ0v) is 22.9. The van der Waals surface area contributed by atoms with Crippen molar-refractivity contribution >= 4 is 5.97 Å². The van der Waals surface area contributed by atoms with E-state index in [9.17, 15) is 9.59 Å². The van der Waals surface area contributed by atoms with Crippen LogP contribution in [0.3, 0.4) is 0 Å². The van der Waals surface area contributed by atoms with Gasteiger partial charge >= 0.3 is 11.8 Å². The van der Waals surface area contributed by atoms with Gasteiger partial charge in [0.2, 0.25) is 0 Å². The van der Waals surface area contributed by atoms with Crippen molar-refractivity contribution in [2.45, 2.75) is 112 Å². The van der Waals surface area contributed by atoms with Gasteiger partial charge in [-0.2, -0.15) is 0 Å². The molecule has 5 nitrogen and oxygen atoms in total. The van der Waals surface area contributed by atoms with Crippen LogP contribution in [0, 0.1) is 10.8 Å². The highest BCUT2D eigenvalue weighted by Crippen LogP contribution is 2.41. The van der Waals surface area contributed by atoms with Crippen molar-refractivity contribution in [3.63, 3.8) is 0 Å². The van der Waals surface area contributed by atoms with Crippen LogP contribution in [-0.2, 0) is 33.4 Å². The maximum atomic E-state index is 11.9. The van der Waals surface area contributed by atoms with Gasteiger partial charge in [0.05, 0.1) is 0 Å². The van der Waals surface area contributed by atoms with Gasteiger partial charge in [0.1, 0.15) is 0 Å². The molecule has 0 aliphatic heterocycles. The maximum Gasteiger partial charge on any atom is 0.519 e. The minimum absolute atomic E-state index is 0.101. The monoisotopic (exact) mass is 472 g/mol. The first-order chi connectivity index (χ1) is 15.4. The number of hydrogen-bond donors (Lipinski definition) is 0. The Morgan fingerprint density at radius 1 is 0.853 bits per heavy atom. The summed E-state index contributed by atoms with van der Waals surface area (Å²) >= 11 is 0. The second kappa shape index (κ2) is 10.1. The molecule has 2 rings (SSSR count). The molecule has 0 radical (unpaired) electrons. The Morgan fingerprint density at radius 3 is 1.97 bits per heavy atom. The van der Waals surface area contributed by atoms with Gasteiger partial charge in [-0.05, 0) is 46.6 Å². The molecular formula is C29H44O5. The lowest BCUT2D eigenvalue weighted by Gasteiger charge is -2.35. The summed E-state index contributed by atoms with van der Waals surface area (Å²) in [4.78, 5) is 23.4. The molecule has 5 heteroatoms. The Kier molecular flexibility index (Phi) is 8.33. The van der Waals surface area contributed by atoms with Crippen LogP contribution in [0.15, 0.2) is 37.9 Å². The molecule has 1 aromatic carbocycles. The number of ether oxygens (including phenoxy) is 1. The first-order valence-corrected chi connectivity index (χ1v) is 12.3. The molecule has 0 aliphatic rings. The number of esters is 1. The number of rotatable bonds is 10. The van der Waals surface area contributed by atoms with Crippen LogP contribution in [0.1, 0.15) is 111 Å². The third-order valence-electron chi connectivity index (χ3n) is 6.22. The summed E-state index contributed by atoms with van der Waals surface area (Å²) in [6.45, 7) is 21.6. The summed E-state index contributed by atoms with van der Waals surface area (Å²) < 4.78 is 15.8. The van der Waals surface area contributed by atoms with E-state index in [0.29, 0.717) is 17.6 Å². The van der Waals surface area contributed by atoms with E-state index in [0.717, 1.165) is 12.8 Å². The highest BCUT2D eigenvalue weighted by Gasteiger charge is 2.37. The number of benzene rings is 1. The molecule has 34 heavy (non-hydrogen) atoms. The van der Waals surface area contributed by atoms with Crippen molar-refractivity contribution in [2.24, 2.45) is 10.8 Å². The number of carbonyl (C=O) groups excluding carboxylic acids is 1. The summed E-state index contributed by atoms with van der Waals surface area (Å²) in [5, 5.41) is 0. The number of carbonyl (C=O) groups is 1. The summed E-state index contributed by atoms with van der Waals surface area (Å²) in [6.07, 6.45) is 3.17. The van der Waals surface area contributed by atoms with Crippen molar-refractivity contribution in [1.29, 1.82) is 0 Å². The molecule has 0 spiro atoms. The lowest BCUT2D eigenvalue weighted by molar-refractivity contribution is -0.145. The molecular weight excluding hydrogens is 428 g/mol. The quantitative estimate of drug-likeness (QED) is 0.338. The van der Waals surface area contributed by atoms with E-state index in [1.807, 2.05) is 13.8 Å². The van der Waals surface area contributed by atoms with E-state index in [4.69, 9.17) is 13.6 Å². The second-order valence-corrected chi connectivity index (χ2v) is 12.9. The SMILES string of the molecule is CCC(=O)OCc1oc(=O)oc1C(C)(C)CC(C)(C)c1ccc(CC(C)(C)CC(C)(C)C)cc1. The van der Waals surface area contributed by atoms with Gasteiger partial charge in [0.25, 0.3) is 0 Å². The zero-order chi connectivity index (χ0) is 25.9. The molecule has 1 aromatic heterocycles. The number of hydrogen-bond acceptors (Lipinski definition) is 5. The van der Waals surface area contributed by atoms with Gasteiger partial charge < -0.3 is 13.6 Å². The maximum absolute atomic E-state index is 11.9. The van der Waals surface area contributed by atoms with E-state index >= 15 is 0 Å². The average Bonchev–Trinajstić information content (AvgIpc) is 3.05. The van der Waals surface area contributed by atoms with Gasteiger partial charge in [-0.25, -0.2) is 4.79 Å². The molecule has 0 saturated heterocycles. The molecule has 1 heterocycles. The van der Waals surface area contributed by atoms with Crippen LogP contribution in [0.5, 0.6) is 0 Å². The summed E-state index contributed by atoms with van der Waals surface area (Å²) in [6, 6.07) is 8.91. The molecule has 0 amide bonds. The Morgan fingerprint density at radius 2 is 1.44 bits per heavy atom. The normalized spacial score (nSPS) is 13.2. The minimum Gasteiger partial charge on any atom is -0.457 e. The molecule has 0 bridgehead atoms. The van der Waals surface area contributed by atoms with E-state index < -0.39 is 11.2 Å². The van der Waals surface area contributed by atoms with Gasteiger partial charge in [-0.15, -0.1) is 0 Å². The molecule has 0 atom stereocenters. The molecule has 0 N–H and O–H groups in total. The zero-order valence-electron chi connectivity index (χ0n) is 22.9. The van der Waals surface area contributed by atoms with Crippen LogP contribution < -0.4 is 5.82 Å². The summed E-state index contributed by atoms with van der Waals surface area (Å²) in [5.74, 6) is -0.400. The third-order valence-corrected chi connectivity index (χ3v) is 6.22. The highest BCUT2D eigenvalue weighted by molar-refractivity contribution is 5.68. The van der Waals surface area contributed by atoms with Crippen molar-refractivity contribution in [2.75, 3.05) is 0 Å². The standard InChI is InChI=1S/C29H44O5/c1-11-23(30)32-17-22-24(34-25(31)33-22)29(9,10)19-28(7,8)21-14-12-20(13-15-21)16-27(5,6)18-26(2,3)4/h12-15H,11,16-19H2,1-10H3. The van der Waals surface area contributed by atoms with Crippen LogP contribution >= 0.6 is 0 Å². The van der Waals surface area contributed by atoms with Crippen molar-refractivity contribution < 1.29 is 18.4 Å². The van der Waals surface area contributed by atoms with Crippen LogP contribution in [0.25, 0.3) is 0 Å². The minimum atomic E-state index is -0.773. The molecule has 0 unspecified atom stereocenters. The van der Waals surface area contributed by atoms with Crippen LogP contribution in [0.2, 0.25) is 0 Å². The van der Waals surface area contributed by atoms with E-state index in [1.165, 1.54) is 11.1 Å². The smallest absolute Gasteiger partial charge is 0.457 e. The van der Waals surface area contributed by atoms with E-state index in [-0.39, 0.29) is 35.6 Å². The second-order valence-electron chi connectivity index (χ2n) is 12.9. The fourth-order valence-electron chi connectivity index (χ4n) is 5.58. The van der Waals surface area contributed by atoms with Crippen LogP contribution in [0.4, 0.5) is 0 Å². The Labute approximate surface area is 205 Å². The van der Waals surface area contributed by atoms with E-state index in [2.05, 4.69) is 72.7 Å². The van der Waals surface area contributed by atoms with Gasteiger partial charge in [-0.1, -0.05) is 93.5 Å². The predicted molar refractivity (Wildman–Crippen MR) is 136 cm³/mol. The first-order valence-electron chi connectivity index (χ1n) is 12.3. The first kappa shape index (κ1) is 27.9. The average molecular weight is 473 g/mol. The Balaban J connectivity index is 2.19. The molecule has 0 saturated carbocycles. The molecule has 2 aromatic rings. The Bertz CT molecular complexity index is 1010. The molecule has 0 aliphatic carbocycles. The Hall–Kier alpha value is -2.30. The molecule has 0 fully saturated rings. The van der Waals surface area contributed by atoms with E-state index in [1.54, 1.807) is 6.92 Å². The summed E-state index contributed by atoms with van der Waals surface area (Å²) in [7, 11) is 0. The fourth-order valence-corrected chi connectivity index (χ4v) is 5.58. The van der Waals surface area contributed by atoms with Crippen molar-refractivity contribution in [3.8, 4) is 0 Å². The van der Waals surface area contributed by atoms with Crippen molar-refractivity contribution in [3.05, 3.63) is 57.5 Å². The van der Waals surface area contributed by atoms with Crippen molar-refractivity contribution in [1.82, 2.24) is 0 Å². The fraction of sp³-hybridized carbons (Fsp3) is 0.655. The molecule has 190 valence electrons. The summed E-state index contributed by atoms with van der Waals surface area (Å²) in [5.41, 5.74) is 2.41. The lowest BCUT2D eigenvalue weighted by Crippen LogP contribution is -2.30. The topological polar surface area (TPSA) is 69.7 Å². The largest absolute Gasteiger partial charge is 0.519 e. The highest BCUT2D eigenvalue weighted by atomic mass is 16.6. The van der Waals surface area contributed by atoms with Gasteiger partial charge in [0, 0.05) is 11.8 Å². The van der Waals surface area contributed by atoms with Gasteiger partial charge in [-0.3, -0.25) is 4.79 Å². The van der Waals surface area contributed by atoms with Gasteiger partial charge in [0.15, 0.2) is 18.1 Å².